The van der Waals surface area contributed by atoms with Crippen molar-refractivity contribution in [3.05, 3.63) is 35.9 Å². The van der Waals surface area contributed by atoms with Crippen LogP contribution in [-0.2, 0) is 10.3 Å². The molecule has 1 aliphatic rings. The van der Waals surface area contributed by atoms with Crippen molar-refractivity contribution in [1.29, 1.82) is 5.26 Å². The van der Waals surface area contributed by atoms with Crippen molar-refractivity contribution in [3.63, 3.8) is 0 Å². The number of hydrogen-bond acceptors (Lipinski definition) is 4. The maximum Gasteiger partial charge on any atom is 0.142 e. The van der Waals surface area contributed by atoms with Crippen LogP contribution in [0, 0.1) is 17.2 Å². The molecular weight excluding hydrogens is 250 g/mol. The average Bonchev–Trinajstić information content (AvgIpc) is 2.50. The second-order valence-corrected chi connectivity index (χ2v) is 5.72. The van der Waals surface area contributed by atoms with Crippen LogP contribution in [0.15, 0.2) is 30.3 Å². The average molecular weight is 273 g/mol. The van der Waals surface area contributed by atoms with Gasteiger partial charge in [-0.2, -0.15) is 5.26 Å². The number of benzene rings is 1. The largest absolute Gasteiger partial charge is 0.380 e. The molecule has 0 aliphatic carbocycles. The molecule has 1 fully saturated rings. The highest BCUT2D eigenvalue weighted by atomic mass is 16.5. The third-order valence-electron chi connectivity index (χ3n) is 4.24. The van der Waals surface area contributed by atoms with Gasteiger partial charge in [0.15, 0.2) is 0 Å². The molecule has 0 aromatic heterocycles. The summed E-state index contributed by atoms with van der Waals surface area (Å²) >= 11 is 0. The second-order valence-electron chi connectivity index (χ2n) is 5.72. The molecule has 0 amide bonds. The molecule has 3 unspecified atom stereocenters. The van der Waals surface area contributed by atoms with Gasteiger partial charge in [-0.25, -0.2) is 0 Å². The zero-order valence-corrected chi connectivity index (χ0v) is 12.2. The highest BCUT2D eigenvalue weighted by Crippen LogP contribution is 2.24. The molecule has 2 rings (SSSR count). The Kier molecular flexibility index (Phi) is 4.77. The molecule has 0 saturated carbocycles. The van der Waals surface area contributed by atoms with Gasteiger partial charge in [-0.3, -0.25) is 4.90 Å². The van der Waals surface area contributed by atoms with Crippen molar-refractivity contribution < 1.29 is 4.74 Å². The number of rotatable bonds is 4. The Balaban J connectivity index is 2.09. The van der Waals surface area contributed by atoms with Crippen LogP contribution < -0.4 is 5.73 Å². The first-order valence-corrected chi connectivity index (χ1v) is 7.10. The van der Waals surface area contributed by atoms with Gasteiger partial charge in [0, 0.05) is 20.2 Å². The first kappa shape index (κ1) is 15.0. The molecule has 0 bridgehead atoms. The van der Waals surface area contributed by atoms with Gasteiger partial charge in [-0.05, 0) is 24.4 Å². The minimum absolute atomic E-state index is 0.225. The van der Waals surface area contributed by atoms with Gasteiger partial charge in [-0.15, -0.1) is 0 Å². The fourth-order valence-corrected chi connectivity index (χ4v) is 2.83. The normalized spacial score (nSPS) is 26.7. The number of hydrogen-bond donors (Lipinski definition) is 1. The first-order valence-electron chi connectivity index (χ1n) is 7.10. The Bertz CT molecular complexity index is 470. The second kappa shape index (κ2) is 6.36. The molecule has 1 aromatic carbocycles. The Morgan fingerprint density at radius 2 is 2.15 bits per heavy atom. The van der Waals surface area contributed by atoms with E-state index in [-0.39, 0.29) is 6.10 Å². The highest BCUT2D eigenvalue weighted by Gasteiger charge is 2.33. The van der Waals surface area contributed by atoms with E-state index in [2.05, 4.69) is 17.9 Å². The standard InChI is InChI=1S/C16H23N3O/c1-13-8-9-19(10-15(13)20-2)12-16(18,11-17)14-6-4-3-5-7-14/h3-7,13,15H,8-10,12,18H2,1-2H3. The van der Waals surface area contributed by atoms with E-state index >= 15 is 0 Å². The van der Waals surface area contributed by atoms with E-state index in [0.29, 0.717) is 12.5 Å². The number of likely N-dealkylation sites (tertiary alicyclic amines) is 1. The summed E-state index contributed by atoms with van der Waals surface area (Å²) in [7, 11) is 1.75. The molecule has 108 valence electrons. The molecule has 1 heterocycles. The van der Waals surface area contributed by atoms with E-state index in [4.69, 9.17) is 10.5 Å². The lowest BCUT2D eigenvalue weighted by molar-refractivity contribution is -0.00889. The fourth-order valence-electron chi connectivity index (χ4n) is 2.83. The van der Waals surface area contributed by atoms with E-state index in [1.54, 1.807) is 7.11 Å². The van der Waals surface area contributed by atoms with Gasteiger partial charge in [0.2, 0.25) is 0 Å². The van der Waals surface area contributed by atoms with Crippen LogP contribution in [0.5, 0.6) is 0 Å². The van der Waals surface area contributed by atoms with E-state index < -0.39 is 5.54 Å². The summed E-state index contributed by atoms with van der Waals surface area (Å²) in [5, 5.41) is 9.51. The monoisotopic (exact) mass is 273 g/mol. The van der Waals surface area contributed by atoms with Gasteiger partial charge in [0.25, 0.3) is 0 Å². The van der Waals surface area contributed by atoms with E-state index in [1.807, 2.05) is 30.3 Å². The minimum Gasteiger partial charge on any atom is -0.380 e. The molecule has 4 nitrogen and oxygen atoms in total. The molecule has 1 aromatic rings. The van der Waals surface area contributed by atoms with Crippen LogP contribution >= 0.6 is 0 Å². The molecule has 2 N–H and O–H groups in total. The van der Waals surface area contributed by atoms with E-state index in [9.17, 15) is 5.26 Å². The Morgan fingerprint density at radius 1 is 1.45 bits per heavy atom. The summed E-state index contributed by atoms with van der Waals surface area (Å²) in [5.41, 5.74) is 6.24. The fraction of sp³-hybridized carbons (Fsp3) is 0.562. The van der Waals surface area contributed by atoms with Gasteiger partial charge < -0.3 is 10.5 Å². The third kappa shape index (κ3) is 3.18. The zero-order chi connectivity index (χ0) is 14.6. The Morgan fingerprint density at radius 3 is 2.75 bits per heavy atom. The van der Waals surface area contributed by atoms with Crippen molar-refractivity contribution in [1.82, 2.24) is 4.90 Å². The minimum atomic E-state index is -0.958. The van der Waals surface area contributed by atoms with Crippen molar-refractivity contribution in [3.8, 4) is 6.07 Å². The molecule has 0 radical (unpaired) electrons. The highest BCUT2D eigenvalue weighted by molar-refractivity contribution is 5.31. The van der Waals surface area contributed by atoms with Gasteiger partial charge >= 0.3 is 0 Å². The summed E-state index contributed by atoms with van der Waals surface area (Å²) in [6.07, 6.45) is 1.30. The molecule has 4 heteroatoms. The molecular formula is C16H23N3O. The third-order valence-corrected chi connectivity index (χ3v) is 4.24. The van der Waals surface area contributed by atoms with Crippen molar-refractivity contribution >= 4 is 0 Å². The van der Waals surface area contributed by atoms with Crippen molar-refractivity contribution in [2.45, 2.75) is 25.0 Å². The zero-order valence-electron chi connectivity index (χ0n) is 12.2. The molecule has 20 heavy (non-hydrogen) atoms. The van der Waals surface area contributed by atoms with Crippen LogP contribution in [0.4, 0.5) is 0 Å². The Labute approximate surface area is 121 Å². The predicted octanol–water partition coefficient (Wildman–Crippen LogP) is 1.72. The van der Waals surface area contributed by atoms with E-state index in [0.717, 1.165) is 25.1 Å². The lowest BCUT2D eigenvalue weighted by atomic mass is 9.89. The van der Waals surface area contributed by atoms with Gasteiger partial charge in [0.05, 0.1) is 12.2 Å². The lowest BCUT2D eigenvalue weighted by Gasteiger charge is -2.39. The quantitative estimate of drug-likeness (QED) is 0.907. The van der Waals surface area contributed by atoms with Crippen molar-refractivity contribution in [2.75, 3.05) is 26.7 Å². The predicted molar refractivity (Wildman–Crippen MR) is 78.9 cm³/mol. The number of piperidine rings is 1. The SMILES string of the molecule is COC1CN(CC(N)(C#N)c2ccccc2)CCC1C. The van der Waals surface area contributed by atoms with Crippen LogP contribution in [0.1, 0.15) is 18.9 Å². The maximum absolute atomic E-state index is 9.51. The topological polar surface area (TPSA) is 62.3 Å². The molecule has 1 saturated heterocycles. The summed E-state index contributed by atoms with van der Waals surface area (Å²) < 4.78 is 5.52. The first-order chi connectivity index (χ1) is 9.59. The number of nitrogens with two attached hydrogens (primary N) is 1. The molecule has 3 atom stereocenters. The summed E-state index contributed by atoms with van der Waals surface area (Å²) in [5.74, 6) is 0.558. The number of methoxy groups -OCH3 is 1. The summed E-state index contributed by atoms with van der Waals surface area (Å²) in [4.78, 5) is 2.24. The Hall–Kier alpha value is -1.41. The maximum atomic E-state index is 9.51. The molecule has 0 spiro atoms. The number of nitriles is 1. The summed E-state index contributed by atoms with van der Waals surface area (Å²) in [6, 6.07) is 11.9. The summed E-state index contributed by atoms with van der Waals surface area (Å²) in [6.45, 7) is 4.56. The van der Waals surface area contributed by atoms with Crippen LogP contribution in [0.25, 0.3) is 0 Å². The van der Waals surface area contributed by atoms with E-state index in [1.165, 1.54) is 0 Å². The number of ether oxygens (including phenoxy) is 1. The smallest absolute Gasteiger partial charge is 0.142 e. The van der Waals surface area contributed by atoms with Crippen LogP contribution in [0.3, 0.4) is 0 Å². The molecule has 1 aliphatic heterocycles. The van der Waals surface area contributed by atoms with Crippen molar-refractivity contribution in [2.24, 2.45) is 11.7 Å². The van der Waals surface area contributed by atoms with Gasteiger partial charge in [-0.1, -0.05) is 37.3 Å². The van der Waals surface area contributed by atoms with Crippen LogP contribution in [0.2, 0.25) is 0 Å². The van der Waals surface area contributed by atoms with Gasteiger partial charge in [0.1, 0.15) is 5.54 Å². The van der Waals surface area contributed by atoms with Crippen LogP contribution in [-0.4, -0.2) is 37.7 Å². The number of nitrogens with zero attached hydrogens (tertiary/aromatic N) is 2. The lowest BCUT2D eigenvalue weighted by Crippen LogP contribution is -2.52.